The normalized spacial score (nSPS) is 11.8. The number of aromatic nitrogens is 4. The molecule has 0 spiro atoms. The third kappa shape index (κ3) is 4.33. The lowest BCUT2D eigenvalue weighted by Gasteiger charge is -2.12. The number of carbonyl (C=O) groups excluding carboxylic acids is 1. The lowest BCUT2D eigenvalue weighted by atomic mass is 10.3. The molecule has 0 fully saturated rings. The highest BCUT2D eigenvalue weighted by molar-refractivity contribution is 8.00. The first-order chi connectivity index (χ1) is 12.6. The fourth-order valence-corrected chi connectivity index (χ4v) is 3.09. The van der Waals surface area contributed by atoms with Crippen molar-refractivity contribution in [2.45, 2.75) is 17.3 Å². The third-order valence-electron chi connectivity index (χ3n) is 3.50. The zero-order valence-corrected chi connectivity index (χ0v) is 15.7. The van der Waals surface area contributed by atoms with Crippen LogP contribution in [0.4, 0.5) is 5.69 Å². The van der Waals surface area contributed by atoms with Gasteiger partial charge >= 0.3 is 0 Å². The number of nitrogens with one attached hydrogen (secondary N) is 1. The number of hydrogen-bond donors (Lipinski definition) is 1. The molecule has 26 heavy (non-hydrogen) atoms. The average molecular weight is 390 g/mol. The number of thioether (sulfide) groups is 1. The fourth-order valence-electron chi connectivity index (χ4n) is 2.15. The molecule has 9 heteroatoms. The number of halogens is 1. The average Bonchev–Trinajstić information content (AvgIpc) is 3.10. The maximum atomic E-state index is 12.5. The van der Waals surface area contributed by atoms with Crippen LogP contribution < -0.4 is 10.1 Å². The van der Waals surface area contributed by atoms with Gasteiger partial charge in [-0.15, -0.1) is 5.10 Å². The van der Waals surface area contributed by atoms with Crippen LogP contribution in [0.15, 0.2) is 53.7 Å². The van der Waals surface area contributed by atoms with E-state index in [1.165, 1.54) is 11.8 Å². The summed E-state index contributed by atoms with van der Waals surface area (Å²) in [5.74, 6) is 0.517. The molecule has 2 aromatic carbocycles. The van der Waals surface area contributed by atoms with Crippen LogP contribution in [-0.4, -0.2) is 38.5 Å². The number of benzene rings is 2. The second-order valence-electron chi connectivity index (χ2n) is 5.33. The minimum absolute atomic E-state index is 0.158. The molecule has 1 N–H and O–H groups in total. The molecular weight excluding hydrogens is 374 g/mol. The van der Waals surface area contributed by atoms with Crippen molar-refractivity contribution in [1.82, 2.24) is 20.2 Å². The summed E-state index contributed by atoms with van der Waals surface area (Å²) < 4.78 is 6.73. The first kappa shape index (κ1) is 18.2. The molecular formula is C17H16ClN5O2S. The maximum Gasteiger partial charge on any atom is 0.237 e. The molecule has 1 amide bonds. The molecule has 3 aromatic rings. The monoisotopic (exact) mass is 389 g/mol. The number of ether oxygens (including phenoxy) is 1. The molecule has 7 nitrogen and oxygen atoms in total. The summed E-state index contributed by atoms with van der Waals surface area (Å²) in [5.41, 5.74) is 1.43. The molecule has 0 aliphatic heterocycles. The number of anilines is 1. The Morgan fingerprint density at radius 1 is 1.27 bits per heavy atom. The molecule has 1 aromatic heterocycles. The lowest BCUT2D eigenvalue weighted by Crippen LogP contribution is -2.22. The second kappa shape index (κ2) is 8.20. The Morgan fingerprint density at radius 2 is 2.04 bits per heavy atom. The predicted molar refractivity (Wildman–Crippen MR) is 101 cm³/mol. The van der Waals surface area contributed by atoms with E-state index in [1.54, 1.807) is 43.0 Å². The van der Waals surface area contributed by atoms with Crippen LogP contribution >= 0.6 is 23.4 Å². The summed E-state index contributed by atoms with van der Waals surface area (Å²) >= 11 is 7.17. The minimum atomic E-state index is -0.404. The standard InChI is InChI=1S/C17H16ClN5O2S/c1-11(16(24)19-13-4-3-5-15(10-13)25-2)26-17-20-21-22-23(17)14-8-6-12(18)7-9-14/h3-11H,1-2H3,(H,19,24)/t11-/m1/s1. The van der Waals surface area contributed by atoms with E-state index in [1.807, 2.05) is 24.3 Å². The van der Waals surface area contributed by atoms with E-state index in [4.69, 9.17) is 16.3 Å². The van der Waals surface area contributed by atoms with Gasteiger partial charge in [0.15, 0.2) is 0 Å². The van der Waals surface area contributed by atoms with Crippen LogP contribution in [0.25, 0.3) is 5.69 Å². The number of rotatable bonds is 6. The van der Waals surface area contributed by atoms with Crippen molar-refractivity contribution in [2.24, 2.45) is 0 Å². The number of nitrogens with zero attached hydrogens (tertiary/aromatic N) is 4. The largest absolute Gasteiger partial charge is 0.497 e. The highest BCUT2D eigenvalue weighted by atomic mass is 35.5. The molecule has 134 valence electrons. The van der Waals surface area contributed by atoms with Gasteiger partial charge in [0.1, 0.15) is 5.75 Å². The van der Waals surface area contributed by atoms with Gasteiger partial charge in [0.05, 0.1) is 18.0 Å². The molecule has 0 saturated heterocycles. The molecule has 0 radical (unpaired) electrons. The summed E-state index contributed by atoms with van der Waals surface area (Å²) in [5, 5.41) is 15.3. The first-order valence-corrected chi connectivity index (χ1v) is 8.98. The number of carbonyl (C=O) groups is 1. The Balaban J connectivity index is 1.70. The molecule has 0 unspecified atom stereocenters. The van der Waals surface area contributed by atoms with Gasteiger partial charge in [-0.2, -0.15) is 4.68 Å². The van der Waals surface area contributed by atoms with Crippen molar-refractivity contribution >= 4 is 35.0 Å². The molecule has 1 atom stereocenters. The van der Waals surface area contributed by atoms with E-state index in [2.05, 4.69) is 20.8 Å². The highest BCUT2D eigenvalue weighted by Gasteiger charge is 2.19. The predicted octanol–water partition coefficient (Wildman–Crippen LogP) is 3.44. The third-order valence-corrected chi connectivity index (χ3v) is 4.79. The van der Waals surface area contributed by atoms with Gasteiger partial charge in [-0.05, 0) is 53.7 Å². The molecule has 0 bridgehead atoms. The van der Waals surface area contributed by atoms with Crippen molar-refractivity contribution in [3.05, 3.63) is 53.6 Å². The number of hydrogen-bond acceptors (Lipinski definition) is 6. The fraction of sp³-hybridized carbons (Fsp3) is 0.176. The van der Waals surface area contributed by atoms with Crippen molar-refractivity contribution in [3.8, 4) is 11.4 Å². The summed E-state index contributed by atoms with van der Waals surface area (Å²) in [6.45, 7) is 1.79. The van der Waals surface area contributed by atoms with Gasteiger partial charge in [-0.25, -0.2) is 0 Å². The smallest absolute Gasteiger partial charge is 0.237 e. The van der Waals surface area contributed by atoms with Crippen molar-refractivity contribution < 1.29 is 9.53 Å². The Morgan fingerprint density at radius 3 is 2.77 bits per heavy atom. The van der Waals surface area contributed by atoms with Crippen LogP contribution in [-0.2, 0) is 4.79 Å². The van der Waals surface area contributed by atoms with E-state index in [0.717, 1.165) is 5.69 Å². The zero-order valence-electron chi connectivity index (χ0n) is 14.1. The number of methoxy groups -OCH3 is 1. The van der Waals surface area contributed by atoms with Crippen LogP contribution in [0.3, 0.4) is 0 Å². The summed E-state index contributed by atoms with van der Waals surface area (Å²) in [6.07, 6.45) is 0. The van der Waals surface area contributed by atoms with Gasteiger partial charge in [0.25, 0.3) is 0 Å². The summed E-state index contributed by atoms with van der Waals surface area (Å²) in [6, 6.07) is 14.3. The van der Waals surface area contributed by atoms with Crippen LogP contribution in [0.1, 0.15) is 6.92 Å². The zero-order chi connectivity index (χ0) is 18.5. The van der Waals surface area contributed by atoms with Crippen molar-refractivity contribution in [2.75, 3.05) is 12.4 Å². The van der Waals surface area contributed by atoms with E-state index >= 15 is 0 Å². The molecule has 0 saturated carbocycles. The number of amides is 1. The van der Waals surface area contributed by atoms with Crippen molar-refractivity contribution in [3.63, 3.8) is 0 Å². The van der Waals surface area contributed by atoms with Gasteiger partial charge in [0, 0.05) is 16.8 Å². The quantitative estimate of drug-likeness (QED) is 0.650. The van der Waals surface area contributed by atoms with E-state index in [0.29, 0.717) is 21.6 Å². The van der Waals surface area contributed by atoms with Crippen LogP contribution in [0, 0.1) is 0 Å². The Bertz CT molecular complexity index is 900. The Kier molecular flexibility index (Phi) is 5.75. The van der Waals surface area contributed by atoms with Gasteiger partial charge < -0.3 is 10.1 Å². The van der Waals surface area contributed by atoms with E-state index in [9.17, 15) is 4.79 Å². The van der Waals surface area contributed by atoms with Crippen LogP contribution in [0.2, 0.25) is 5.02 Å². The summed E-state index contributed by atoms with van der Waals surface area (Å²) in [4.78, 5) is 12.5. The van der Waals surface area contributed by atoms with E-state index in [-0.39, 0.29) is 5.91 Å². The molecule has 0 aliphatic rings. The summed E-state index contributed by atoms with van der Waals surface area (Å²) in [7, 11) is 1.58. The van der Waals surface area contributed by atoms with Gasteiger partial charge in [-0.3, -0.25) is 4.79 Å². The van der Waals surface area contributed by atoms with Gasteiger partial charge in [-0.1, -0.05) is 29.4 Å². The topological polar surface area (TPSA) is 81.9 Å². The Hall–Kier alpha value is -2.58. The second-order valence-corrected chi connectivity index (χ2v) is 7.08. The number of tetrazole rings is 1. The van der Waals surface area contributed by atoms with Gasteiger partial charge in [0.2, 0.25) is 11.1 Å². The SMILES string of the molecule is COc1cccc(NC(=O)[C@@H](C)Sc2nnnn2-c2ccc(Cl)cc2)c1. The van der Waals surface area contributed by atoms with Crippen molar-refractivity contribution in [1.29, 1.82) is 0 Å². The highest BCUT2D eigenvalue weighted by Crippen LogP contribution is 2.25. The minimum Gasteiger partial charge on any atom is -0.497 e. The van der Waals surface area contributed by atoms with Crippen LogP contribution in [0.5, 0.6) is 5.75 Å². The maximum absolute atomic E-state index is 12.5. The molecule has 3 rings (SSSR count). The first-order valence-electron chi connectivity index (χ1n) is 7.72. The molecule has 1 heterocycles. The lowest BCUT2D eigenvalue weighted by molar-refractivity contribution is -0.115. The Labute approximate surface area is 159 Å². The molecule has 0 aliphatic carbocycles. The van der Waals surface area contributed by atoms with E-state index < -0.39 is 5.25 Å².